The lowest BCUT2D eigenvalue weighted by Crippen LogP contribution is -2.59. The maximum atomic E-state index is 13.1. The lowest BCUT2D eigenvalue weighted by Gasteiger charge is -2.39. The first-order chi connectivity index (χ1) is 13.1. The molecule has 2 heterocycles. The second-order valence-electron chi connectivity index (χ2n) is 6.63. The van der Waals surface area contributed by atoms with Gasteiger partial charge >= 0.3 is 0 Å². The van der Waals surface area contributed by atoms with E-state index in [1.807, 2.05) is 36.4 Å². The second kappa shape index (κ2) is 6.85. The molecule has 3 amide bonds. The number of carbonyl (C=O) groups excluding carboxylic acids is 3. The Morgan fingerprint density at radius 2 is 1.85 bits per heavy atom. The molecule has 27 heavy (non-hydrogen) atoms. The van der Waals surface area contributed by atoms with Crippen LogP contribution in [0.2, 0.25) is 0 Å². The smallest absolute Gasteiger partial charge is 0.256 e. The number of aliphatic hydroxyl groups excluding tert-OH is 1. The fourth-order valence-corrected chi connectivity index (χ4v) is 3.59. The average Bonchev–Trinajstić information content (AvgIpc) is 2.82. The molecule has 0 aromatic heterocycles. The van der Waals surface area contributed by atoms with Gasteiger partial charge in [-0.2, -0.15) is 0 Å². The Kier molecular flexibility index (Phi) is 4.37. The van der Waals surface area contributed by atoms with E-state index in [1.54, 1.807) is 12.1 Å². The van der Waals surface area contributed by atoms with Gasteiger partial charge in [0.25, 0.3) is 5.91 Å². The molecule has 1 atom stereocenters. The van der Waals surface area contributed by atoms with Crippen molar-refractivity contribution >= 4 is 23.4 Å². The van der Waals surface area contributed by atoms with Gasteiger partial charge in [-0.25, -0.2) is 0 Å². The summed E-state index contributed by atoms with van der Waals surface area (Å²) in [5.74, 6) is -1.00. The van der Waals surface area contributed by atoms with Crippen LogP contribution in [0.4, 0.5) is 5.69 Å². The van der Waals surface area contributed by atoms with Crippen LogP contribution in [0.15, 0.2) is 48.5 Å². The van der Waals surface area contributed by atoms with Crippen molar-refractivity contribution in [1.82, 2.24) is 9.80 Å². The van der Waals surface area contributed by atoms with Gasteiger partial charge in [0.1, 0.15) is 12.6 Å². The van der Waals surface area contributed by atoms with Gasteiger partial charge in [0.05, 0.1) is 17.8 Å². The number of benzene rings is 2. The van der Waals surface area contributed by atoms with E-state index in [0.29, 0.717) is 17.8 Å². The summed E-state index contributed by atoms with van der Waals surface area (Å²) < 4.78 is 0. The van der Waals surface area contributed by atoms with Crippen molar-refractivity contribution in [3.63, 3.8) is 0 Å². The van der Waals surface area contributed by atoms with Gasteiger partial charge in [0.2, 0.25) is 11.8 Å². The van der Waals surface area contributed by atoms with E-state index in [2.05, 4.69) is 5.32 Å². The monoisotopic (exact) mass is 365 g/mol. The third-order valence-electron chi connectivity index (χ3n) is 5.05. The van der Waals surface area contributed by atoms with Crippen molar-refractivity contribution in [2.45, 2.75) is 6.04 Å². The van der Waals surface area contributed by atoms with Gasteiger partial charge < -0.3 is 20.2 Å². The zero-order valence-electron chi connectivity index (χ0n) is 14.6. The molecule has 0 spiro atoms. The topological polar surface area (TPSA) is 90.0 Å². The molecule has 4 rings (SSSR count). The minimum atomic E-state index is -0.769. The highest BCUT2D eigenvalue weighted by atomic mass is 16.3. The Balaban J connectivity index is 1.69. The van der Waals surface area contributed by atoms with Crippen LogP contribution in [0, 0.1) is 0 Å². The molecule has 2 N–H and O–H groups in total. The molecule has 2 aromatic carbocycles. The number of fused-ring (bicyclic) bond motifs is 2. The van der Waals surface area contributed by atoms with E-state index in [4.69, 9.17) is 5.11 Å². The average molecular weight is 365 g/mol. The van der Waals surface area contributed by atoms with Crippen molar-refractivity contribution in [2.24, 2.45) is 0 Å². The molecule has 2 aromatic rings. The SMILES string of the molecule is O=C1Nc2ccc(-c3ccccc3)cc2C(=O)N2CCN(C(=O)CO)CC12. The zero-order chi connectivity index (χ0) is 19.0. The highest BCUT2D eigenvalue weighted by Gasteiger charge is 2.40. The number of anilines is 1. The van der Waals surface area contributed by atoms with Gasteiger partial charge in [0.15, 0.2) is 0 Å². The van der Waals surface area contributed by atoms with Crippen molar-refractivity contribution < 1.29 is 19.5 Å². The van der Waals surface area contributed by atoms with E-state index in [0.717, 1.165) is 11.1 Å². The highest BCUT2D eigenvalue weighted by molar-refractivity contribution is 6.10. The van der Waals surface area contributed by atoms with Gasteiger partial charge in [0, 0.05) is 13.1 Å². The lowest BCUT2D eigenvalue weighted by atomic mass is 10.0. The summed E-state index contributed by atoms with van der Waals surface area (Å²) in [6, 6.07) is 14.3. The van der Waals surface area contributed by atoms with Crippen LogP contribution in [-0.2, 0) is 9.59 Å². The quantitative estimate of drug-likeness (QED) is 0.829. The Morgan fingerprint density at radius 3 is 2.59 bits per heavy atom. The molecule has 2 aliphatic rings. The first-order valence-corrected chi connectivity index (χ1v) is 8.78. The lowest BCUT2D eigenvalue weighted by molar-refractivity contribution is -0.138. The summed E-state index contributed by atoms with van der Waals surface area (Å²) in [4.78, 5) is 40.5. The molecule has 2 aliphatic heterocycles. The highest BCUT2D eigenvalue weighted by Crippen LogP contribution is 2.30. The molecule has 0 saturated carbocycles. The van der Waals surface area contributed by atoms with Crippen LogP contribution in [0.25, 0.3) is 11.1 Å². The van der Waals surface area contributed by atoms with Crippen LogP contribution in [0.3, 0.4) is 0 Å². The number of rotatable bonds is 2. The number of hydrogen-bond donors (Lipinski definition) is 2. The molecule has 7 heteroatoms. The number of nitrogens with zero attached hydrogens (tertiary/aromatic N) is 2. The van der Waals surface area contributed by atoms with Gasteiger partial charge in [-0.1, -0.05) is 36.4 Å². The number of carbonyl (C=O) groups is 3. The number of amides is 3. The van der Waals surface area contributed by atoms with Gasteiger partial charge in [-0.05, 0) is 23.3 Å². The molecular formula is C20H19N3O4. The van der Waals surface area contributed by atoms with E-state index < -0.39 is 18.6 Å². The largest absolute Gasteiger partial charge is 0.387 e. The van der Waals surface area contributed by atoms with E-state index in [9.17, 15) is 14.4 Å². The number of hydrogen-bond acceptors (Lipinski definition) is 4. The molecule has 0 radical (unpaired) electrons. The maximum Gasteiger partial charge on any atom is 0.256 e. The summed E-state index contributed by atoms with van der Waals surface area (Å²) >= 11 is 0. The molecule has 1 fully saturated rings. The van der Waals surface area contributed by atoms with Gasteiger partial charge in [-0.3, -0.25) is 14.4 Å². The summed E-state index contributed by atoms with van der Waals surface area (Å²) in [5, 5.41) is 11.9. The predicted molar refractivity (Wildman–Crippen MR) is 99.0 cm³/mol. The van der Waals surface area contributed by atoms with Crippen LogP contribution >= 0.6 is 0 Å². The molecular weight excluding hydrogens is 346 g/mol. The fraction of sp³-hybridized carbons (Fsp3) is 0.250. The zero-order valence-corrected chi connectivity index (χ0v) is 14.6. The molecule has 0 bridgehead atoms. The molecule has 1 unspecified atom stereocenters. The van der Waals surface area contributed by atoms with Crippen LogP contribution in [-0.4, -0.2) is 64.9 Å². The maximum absolute atomic E-state index is 13.1. The summed E-state index contributed by atoms with van der Waals surface area (Å²) in [5.41, 5.74) is 2.79. The van der Waals surface area contributed by atoms with E-state index in [-0.39, 0.29) is 24.9 Å². The number of piperazine rings is 1. The molecule has 138 valence electrons. The second-order valence-corrected chi connectivity index (χ2v) is 6.63. The van der Waals surface area contributed by atoms with Gasteiger partial charge in [-0.15, -0.1) is 0 Å². The number of aliphatic hydroxyl groups is 1. The van der Waals surface area contributed by atoms with Crippen LogP contribution in [0.5, 0.6) is 0 Å². The Labute approximate surface area is 156 Å². The van der Waals surface area contributed by atoms with Crippen LogP contribution < -0.4 is 5.32 Å². The van der Waals surface area contributed by atoms with E-state index in [1.165, 1.54) is 9.80 Å². The number of nitrogens with one attached hydrogen (secondary N) is 1. The third-order valence-corrected chi connectivity index (χ3v) is 5.05. The van der Waals surface area contributed by atoms with Crippen molar-refractivity contribution in [3.05, 3.63) is 54.1 Å². The summed E-state index contributed by atoms with van der Waals surface area (Å²) in [6.45, 7) is 0.0136. The minimum Gasteiger partial charge on any atom is -0.387 e. The van der Waals surface area contributed by atoms with Crippen LogP contribution in [0.1, 0.15) is 10.4 Å². The molecule has 7 nitrogen and oxygen atoms in total. The molecule has 1 saturated heterocycles. The third kappa shape index (κ3) is 3.06. The van der Waals surface area contributed by atoms with Crippen molar-refractivity contribution in [3.8, 4) is 11.1 Å². The molecule has 0 aliphatic carbocycles. The first kappa shape index (κ1) is 17.2. The first-order valence-electron chi connectivity index (χ1n) is 8.78. The Bertz CT molecular complexity index is 913. The normalized spacial score (nSPS) is 19.1. The Hall–Kier alpha value is -3.19. The summed E-state index contributed by atoms with van der Waals surface area (Å²) in [7, 11) is 0. The van der Waals surface area contributed by atoms with Crippen molar-refractivity contribution in [1.29, 1.82) is 0 Å². The fourth-order valence-electron chi connectivity index (χ4n) is 3.59. The Morgan fingerprint density at radius 1 is 1.07 bits per heavy atom. The van der Waals surface area contributed by atoms with E-state index >= 15 is 0 Å². The minimum absolute atomic E-state index is 0.0799. The van der Waals surface area contributed by atoms with Crippen molar-refractivity contribution in [2.75, 3.05) is 31.6 Å². The standard InChI is InChI=1S/C20H19N3O4/c24-12-18(25)22-8-9-23-17(11-22)19(26)21-16-7-6-14(10-15(16)20(23)27)13-4-2-1-3-5-13/h1-7,10,17,24H,8-9,11-12H2,(H,21,26). The predicted octanol–water partition coefficient (Wildman–Crippen LogP) is 0.951. The summed E-state index contributed by atoms with van der Waals surface area (Å²) in [6.07, 6.45) is 0.